The van der Waals surface area contributed by atoms with Gasteiger partial charge in [-0.2, -0.15) is 0 Å². The van der Waals surface area contributed by atoms with E-state index in [1.165, 1.54) is 6.08 Å². The molecule has 0 aliphatic carbocycles. The minimum atomic E-state index is -3.16. The largest absolute Gasteiger partial charge is 0.457 e. The monoisotopic (exact) mass is 735 g/mol. The molecule has 0 radical (unpaired) electrons. The molecule has 1 aliphatic heterocycles. The van der Waals surface area contributed by atoms with Crippen LogP contribution >= 0.6 is 6.89 Å². The number of ether oxygens (including phenoxy) is 1. The van der Waals surface area contributed by atoms with Crippen LogP contribution in [-0.4, -0.2) is 60.2 Å². The molecule has 1 aliphatic rings. The summed E-state index contributed by atoms with van der Waals surface area (Å²) in [7, 11) is -2.35. The van der Waals surface area contributed by atoms with Crippen molar-refractivity contribution in [1.29, 1.82) is 0 Å². The number of ketones is 1. The SMILES string of the molecule is C=CCOC(=O)C(N1C(=O)[C@H]([C@H](C)O[Si](C)(C)C(C)(C)C)[C@H]1CC(=O)c1ccc(CO)cc1)=P(c1ccccc1)(c1ccccc1)c1ccccc1. The van der Waals surface area contributed by atoms with Crippen molar-refractivity contribution in [3.05, 3.63) is 139 Å². The Labute approximate surface area is 309 Å². The van der Waals surface area contributed by atoms with Gasteiger partial charge < -0.3 is 19.2 Å². The maximum Gasteiger partial charge on any atom is 0.356 e. The number of hydrogen-bond acceptors (Lipinski definition) is 6. The van der Waals surface area contributed by atoms with Gasteiger partial charge in [-0.25, -0.2) is 4.79 Å². The van der Waals surface area contributed by atoms with Crippen molar-refractivity contribution in [2.45, 2.75) is 71.0 Å². The Morgan fingerprint density at radius 2 is 1.35 bits per heavy atom. The van der Waals surface area contributed by atoms with Crippen molar-refractivity contribution in [3.8, 4) is 0 Å². The maximum atomic E-state index is 15.0. The number of β-lactam (4-membered cyclic amide) rings is 1. The van der Waals surface area contributed by atoms with E-state index in [0.717, 1.165) is 15.9 Å². The molecule has 272 valence electrons. The number of Topliss-reactive ketones (excluding diaryl/α,β-unsaturated/α-hetero) is 1. The minimum absolute atomic E-state index is 0.0450. The van der Waals surface area contributed by atoms with Crippen molar-refractivity contribution in [1.82, 2.24) is 4.90 Å². The number of esters is 1. The summed E-state index contributed by atoms with van der Waals surface area (Å²) >= 11 is 0. The van der Waals surface area contributed by atoms with Gasteiger partial charge in [0.2, 0.25) is 5.91 Å². The zero-order valence-corrected chi connectivity index (χ0v) is 32.9. The molecule has 1 N–H and O–H groups in total. The van der Waals surface area contributed by atoms with E-state index in [2.05, 4.69) is 40.4 Å². The fourth-order valence-electron chi connectivity index (χ4n) is 6.74. The summed E-state index contributed by atoms with van der Waals surface area (Å²) < 4.78 is 12.8. The average Bonchev–Trinajstić information content (AvgIpc) is 3.14. The number of aliphatic hydroxyl groups excluding tert-OH is 1. The molecule has 7 nitrogen and oxygen atoms in total. The van der Waals surface area contributed by atoms with Gasteiger partial charge in [0.15, 0.2) is 14.1 Å². The lowest BCUT2D eigenvalue weighted by Crippen LogP contribution is -2.69. The average molecular weight is 736 g/mol. The van der Waals surface area contributed by atoms with Gasteiger partial charge in [-0.3, -0.25) is 9.59 Å². The summed E-state index contributed by atoms with van der Waals surface area (Å²) in [5, 5.41) is 12.1. The highest BCUT2D eigenvalue weighted by Gasteiger charge is 2.57. The molecule has 3 atom stereocenters. The molecule has 0 spiro atoms. The van der Waals surface area contributed by atoms with Crippen molar-refractivity contribution in [3.63, 3.8) is 0 Å². The third-order valence-electron chi connectivity index (χ3n) is 10.4. The molecule has 9 heteroatoms. The van der Waals surface area contributed by atoms with Gasteiger partial charge in [-0.1, -0.05) is 149 Å². The zero-order chi connectivity index (χ0) is 37.7. The standard InChI is InChI=1S/C43H50NO6PSi/c1-8-28-49-42(48)41(51(34-18-12-9-13-19-34,35-20-14-10-15-21-35)36-22-16-11-17-23-36)44-37(29-38(46)33-26-24-32(30-45)25-27-33)39(40(44)47)31(2)50-52(6,7)43(3,4)5/h8-27,31,37,39,45H,1,28-30H2,2-7H3/t31-,37+,39+/m0/s1. The fraction of sp³-hybridized carbons (Fsp3) is 0.302. The minimum Gasteiger partial charge on any atom is -0.457 e. The first-order chi connectivity index (χ1) is 24.8. The topological polar surface area (TPSA) is 93.1 Å². The second-order valence-electron chi connectivity index (χ2n) is 14.8. The van der Waals surface area contributed by atoms with Gasteiger partial charge in [0, 0.05) is 18.9 Å². The van der Waals surface area contributed by atoms with Crippen molar-refractivity contribution in [2.75, 3.05) is 6.61 Å². The molecule has 5 rings (SSSR count). The van der Waals surface area contributed by atoms with Crippen LogP contribution in [-0.2, 0) is 25.4 Å². The Morgan fingerprint density at radius 1 is 0.865 bits per heavy atom. The molecular weight excluding hydrogens is 686 g/mol. The molecule has 0 saturated carbocycles. The molecule has 1 heterocycles. The van der Waals surface area contributed by atoms with Crippen LogP contribution in [0.15, 0.2) is 128 Å². The van der Waals surface area contributed by atoms with Crippen molar-refractivity contribution in [2.24, 2.45) is 5.92 Å². The molecular formula is C43H50NO6PSi. The Hall–Kier alpha value is -4.33. The van der Waals surface area contributed by atoms with E-state index in [1.807, 2.05) is 97.9 Å². The van der Waals surface area contributed by atoms with E-state index in [9.17, 15) is 14.7 Å². The number of carbonyl (C=O) groups excluding carboxylic acids is 3. The van der Waals surface area contributed by atoms with Crippen LogP contribution in [0.25, 0.3) is 0 Å². The zero-order valence-electron chi connectivity index (χ0n) is 31.0. The van der Waals surface area contributed by atoms with Crippen molar-refractivity contribution >= 4 is 54.2 Å². The number of amides is 1. The normalized spacial score (nSPS) is 16.8. The van der Waals surface area contributed by atoms with Crippen LogP contribution in [0.5, 0.6) is 0 Å². The van der Waals surface area contributed by atoms with Gasteiger partial charge in [-0.05, 0) is 46.5 Å². The summed E-state index contributed by atoms with van der Waals surface area (Å²) in [6, 6.07) is 35.6. The molecule has 1 amide bonds. The Bertz CT molecular complexity index is 1840. The number of hydrogen-bond donors (Lipinski definition) is 1. The number of aliphatic hydroxyl groups is 1. The Balaban J connectivity index is 1.82. The van der Waals surface area contributed by atoms with Gasteiger partial charge in [0.05, 0.1) is 24.7 Å². The Kier molecular flexibility index (Phi) is 12.1. The van der Waals surface area contributed by atoms with Crippen LogP contribution < -0.4 is 15.9 Å². The molecule has 52 heavy (non-hydrogen) atoms. The third-order valence-corrected chi connectivity index (χ3v) is 19.2. The lowest BCUT2D eigenvalue weighted by molar-refractivity contribution is -0.156. The molecule has 4 aromatic rings. The third kappa shape index (κ3) is 7.58. The number of carbonyl (C=O) groups is 3. The van der Waals surface area contributed by atoms with Gasteiger partial charge >= 0.3 is 5.97 Å². The summed E-state index contributed by atoms with van der Waals surface area (Å²) in [6.45, 7) is 13.1. The van der Waals surface area contributed by atoms with Gasteiger partial charge in [0.1, 0.15) is 12.0 Å². The van der Waals surface area contributed by atoms with Gasteiger partial charge in [0.25, 0.3) is 0 Å². The fourth-order valence-corrected chi connectivity index (χ4v) is 12.6. The van der Waals surface area contributed by atoms with Gasteiger partial charge in [-0.15, -0.1) is 0 Å². The first kappa shape index (κ1) is 38.9. The summed E-state index contributed by atoms with van der Waals surface area (Å²) in [5.41, 5.74) is 1.36. The summed E-state index contributed by atoms with van der Waals surface area (Å²) in [4.78, 5) is 45.6. The van der Waals surface area contributed by atoms with Crippen molar-refractivity contribution < 1.29 is 28.7 Å². The first-order valence-electron chi connectivity index (χ1n) is 17.7. The smallest absolute Gasteiger partial charge is 0.356 e. The number of benzene rings is 4. The Morgan fingerprint density at radius 3 is 1.77 bits per heavy atom. The summed E-state index contributed by atoms with van der Waals surface area (Å²) in [5.74, 6) is -1.80. The predicted molar refractivity (Wildman–Crippen MR) is 214 cm³/mol. The van der Waals surface area contributed by atoms with E-state index < -0.39 is 39.2 Å². The first-order valence-corrected chi connectivity index (χ1v) is 22.4. The molecule has 0 aromatic heterocycles. The van der Waals surface area contributed by atoms with E-state index in [4.69, 9.17) is 9.16 Å². The number of rotatable bonds is 14. The molecule has 1 saturated heterocycles. The van der Waals surface area contributed by atoms with E-state index in [0.29, 0.717) is 11.1 Å². The van der Waals surface area contributed by atoms with Crippen LogP contribution in [0.1, 0.15) is 50.0 Å². The lowest BCUT2D eigenvalue weighted by atomic mass is 9.79. The second kappa shape index (κ2) is 16.1. The highest BCUT2D eigenvalue weighted by Crippen LogP contribution is 2.50. The molecule has 0 bridgehead atoms. The van der Waals surface area contributed by atoms with Crippen LogP contribution in [0.2, 0.25) is 18.1 Å². The van der Waals surface area contributed by atoms with Crippen LogP contribution in [0, 0.1) is 5.92 Å². The molecule has 4 aromatic carbocycles. The van der Waals surface area contributed by atoms with Crippen LogP contribution in [0.4, 0.5) is 0 Å². The van der Waals surface area contributed by atoms with E-state index in [1.54, 1.807) is 29.2 Å². The molecule has 0 unspecified atom stereocenters. The van der Waals surface area contributed by atoms with E-state index >= 15 is 4.79 Å². The maximum absolute atomic E-state index is 15.0. The second-order valence-corrected chi connectivity index (χ2v) is 22.8. The number of likely N-dealkylation sites (tertiary alicyclic amines) is 1. The molecule has 1 fully saturated rings. The number of nitrogens with zero attached hydrogens (tertiary/aromatic N) is 1. The highest BCUT2D eigenvalue weighted by atomic mass is 31.2. The summed E-state index contributed by atoms with van der Waals surface area (Å²) in [6.07, 6.45) is 0.940. The quantitative estimate of drug-likeness (QED) is 0.0381. The van der Waals surface area contributed by atoms with Crippen LogP contribution in [0.3, 0.4) is 0 Å². The van der Waals surface area contributed by atoms with E-state index in [-0.39, 0.29) is 41.8 Å². The lowest BCUT2D eigenvalue weighted by Gasteiger charge is -2.53. The highest BCUT2D eigenvalue weighted by molar-refractivity contribution is 7.96. The predicted octanol–water partition coefficient (Wildman–Crippen LogP) is 6.84.